The highest BCUT2D eigenvalue weighted by Gasteiger charge is 2.64. The number of allylic oxidation sites excluding steroid dienone is 2. The predicted octanol–water partition coefficient (Wildman–Crippen LogP) is 2.22. The fourth-order valence-corrected chi connectivity index (χ4v) is 4.06. The van der Waals surface area contributed by atoms with Crippen LogP contribution >= 0.6 is 0 Å². The Morgan fingerprint density at radius 3 is 3.00 bits per heavy atom. The first-order chi connectivity index (χ1) is 8.78. The third kappa shape index (κ3) is 0.862. The average molecular weight is 236 g/mol. The summed E-state index contributed by atoms with van der Waals surface area (Å²) in [6, 6.07) is 10.2. The molecule has 3 nitrogen and oxygen atoms in total. The maximum Gasteiger partial charge on any atom is 0.237 e. The summed E-state index contributed by atoms with van der Waals surface area (Å²) in [7, 11) is 0. The molecule has 2 aliphatic carbocycles. The molecule has 1 heterocycles. The van der Waals surface area contributed by atoms with Crippen LogP contribution in [0.15, 0.2) is 36.4 Å². The molecule has 1 aliphatic heterocycles. The summed E-state index contributed by atoms with van der Waals surface area (Å²) in [5.41, 5.74) is 1.26. The number of carbonyl (C=O) groups is 1. The second kappa shape index (κ2) is 3.02. The fraction of sp³-hybridized carbons (Fsp3) is 0.333. The average Bonchev–Trinajstić information content (AvgIpc) is 3.04. The highest BCUT2D eigenvalue weighted by molar-refractivity contribution is 6.07. The molecule has 0 unspecified atom stereocenters. The van der Waals surface area contributed by atoms with Gasteiger partial charge in [0.05, 0.1) is 17.4 Å². The number of nitrogens with zero attached hydrogens (tertiary/aromatic N) is 1. The smallest absolute Gasteiger partial charge is 0.237 e. The minimum Gasteiger partial charge on any atom is -0.325 e. The van der Waals surface area contributed by atoms with Crippen molar-refractivity contribution in [2.24, 2.45) is 17.8 Å². The third-order valence-corrected chi connectivity index (χ3v) is 4.76. The lowest BCUT2D eigenvalue weighted by Gasteiger charge is -2.33. The van der Waals surface area contributed by atoms with E-state index in [0.29, 0.717) is 0 Å². The van der Waals surface area contributed by atoms with Crippen molar-refractivity contribution < 1.29 is 4.79 Å². The number of carbonyl (C=O) groups excluding carboxylic acids is 1. The molecule has 3 aliphatic rings. The van der Waals surface area contributed by atoms with Gasteiger partial charge in [-0.3, -0.25) is 4.79 Å². The molecular formula is C15H12N2O. The lowest BCUT2D eigenvalue weighted by atomic mass is 9.65. The second-order valence-corrected chi connectivity index (χ2v) is 5.37. The highest BCUT2D eigenvalue weighted by Crippen LogP contribution is 2.60. The van der Waals surface area contributed by atoms with Crippen molar-refractivity contribution in [3.63, 3.8) is 0 Å². The Balaban J connectivity index is 2.02. The fourth-order valence-electron chi connectivity index (χ4n) is 4.06. The standard InChI is InChI=1S/C15H12N2O/c16-8-12-9-5-6-10(7-9)15(12)11-3-1-2-4-13(11)17-14(15)18/h1-6,9-10,12H,7H2,(H,17,18)/t9-,10+,12+,15-/m1/s1. The van der Waals surface area contributed by atoms with E-state index in [1.807, 2.05) is 24.3 Å². The highest BCUT2D eigenvalue weighted by atomic mass is 16.2. The summed E-state index contributed by atoms with van der Waals surface area (Å²) in [5, 5.41) is 12.4. The van der Waals surface area contributed by atoms with Gasteiger partial charge in [0.2, 0.25) is 5.91 Å². The third-order valence-electron chi connectivity index (χ3n) is 4.76. The van der Waals surface area contributed by atoms with Crippen LogP contribution in [0.1, 0.15) is 12.0 Å². The largest absolute Gasteiger partial charge is 0.325 e. The van der Waals surface area contributed by atoms with Gasteiger partial charge in [0.15, 0.2) is 0 Å². The summed E-state index contributed by atoms with van der Waals surface area (Å²) >= 11 is 0. The van der Waals surface area contributed by atoms with E-state index < -0.39 is 5.41 Å². The molecule has 2 bridgehead atoms. The van der Waals surface area contributed by atoms with Gasteiger partial charge in [-0.15, -0.1) is 0 Å². The van der Waals surface area contributed by atoms with Crippen LogP contribution in [0, 0.1) is 29.1 Å². The molecule has 1 saturated carbocycles. The van der Waals surface area contributed by atoms with Crippen molar-refractivity contribution in [3.05, 3.63) is 42.0 Å². The topological polar surface area (TPSA) is 52.9 Å². The number of amides is 1. The van der Waals surface area contributed by atoms with Crippen LogP contribution in [-0.4, -0.2) is 5.91 Å². The first kappa shape index (κ1) is 9.90. The summed E-state index contributed by atoms with van der Waals surface area (Å²) in [6.45, 7) is 0. The zero-order valence-electron chi connectivity index (χ0n) is 9.76. The molecule has 88 valence electrons. The number of nitrogens with one attached hydrogen (secondary N) is 1. The van der Waals surface area contributed by atoms with Crippen molar-refractivity contribution in [2.45, 2.75) is 11.8 Å². The van der Waals surface area contributed by atoms with Gasteiger partial charge < -0.3 is 5.32 Å². The zero-order valence-corrected chi connectivity index (χ0v) is 9.76. The van der Waals surface area contributed by atoms with Crippen LogP contribution in [0.5, 0.6) is 0 Å². The van der Waals surface area contributed by atoms with Gasteiger partial charge in [0.25, 0.3) is 0 Å². The van der Waals surface area contributed by atoms with Crippen LogP contribution in [0.3, 0.4) is 0 Å². The predicted molar refractivity (Wildman–Crippen MR) is 66.6 cm³/mol. The maximum absolute atomic E-state index is 12.5. The molecule has 1 spiro atoms. The van der Waals surface area contributed by atoms with E-state index >= 15 is 0 Å². The Morgan fingerprint density at radius 1 is 1.33 bits per heavy atom. The van der Waals surface area contributed by atoms with Crippen LogP contribution in [0.2, 0.25) is 0 Å². The normalized spacial score (nSPS) is 38.8. The molecule has 4 atom stereocenters. The minimum atomic E-state index is -0.634. The monoisotopic (exact) mass is 236 g/mol. The van der Waals surface area contributed by atoms with Crippen LogP contribution in [0.4, 0.5) is 5.69 Å². The molecule has 1 aromatic rings. The molecular weight excluding hydrogens is 224 g/mol. The van der Waals surface area contributed by atoms with Crippen molar-refractivity contribution >= 4 is 11.6 Å². The molecule has 1 N–H and O–H groups in total. The van der Waals surface area contributed by atoms with Gasteiger partial charge in [-0.1, -0.05) is 30.4 Å². The van der Waals surface area contributed by atoms with Gasteiger partial charge >= 0.3 is 0 Å². The number of fused-ring (bicyclic) bond motifs is 5. The molecule has 4 rings (SSSR count). The second-order valence-electron chi connectivity index (χ2n) is 5.37. The van der Waals surface area contributed by atoms with Crippen molar-refractivity contribution in [2.75, 3.05) is 5.32 Å². The Labute approximate surface area is 105 Å². The minimum absolute atomic E-state index is 0.00657. The molecule has 3 heteroatoms. The van der Waals surface area contributed by atoms with Crippen molar-refractivity contribution in [3.8, 4) is 6.07 Å². The number of hydrogen-bond acceptors (Lipinski definition) is 2. The lowest BCUT2D eigenvalue weighted by Crippen LogP contribution is -2.44. The van der Waals surface area contributed by atoms with Gasteiger partial charge in [0, 0.05) is 5.69 Å². The van der Waals surface area contributed by atoms with E-state index in [1.54, 1.807) is 0 Å². The Kier molecular flexibility index (Phi) is 1.66. The summed E-state index contributed by atoms with van der Waals surface area (Å²) in [6.07, 6.45) is 5.16. The molecule has 18 heavy (non-hydrogen) atoms. The Hall–Kier alpha value is -2.08. The molecule has 1 amide bonds. The van der Waals surface area contributed by atoms with E-state index in [-0.39, 0.29) is 23.7 Å². The number of nitriles is 1. The van der Waals surface area contributed by atoms with Gasteiger partial charge in [-0.25, -0.2) is 0 Å². The van der Waals surface area contributed by atoms with Crippen molar-refractivity contribution in [1.29, 1.82) is 5.26 Å². The van der Waals surface area contributed by atoms with Crippen LogP contribution in [-0.2, 0) is 10.2 Å². The number of anilines is 1. The number of hydrogen-bond donors (Lipinski definition) is 1. The maximum atomic E-state index is 12.5. The molecule has 0 radical (unpaired) electrons. The number of benzene rings is 1. The van der Waals surface area contributed by atoms with Gasteiger partial charge in [-0.05, 0) is 29.9 Å². The quantitative estimate of drug-likeness (QED) is 0.702. The molecule has 1 aromatic carbocycles. The van der Waals surface area contributed by atoms with Crippen LogP contribution < -0.4 is 5.32 Å². The SMILES string of the molecule is N#C[C@H]1[C@@H]2C=C[C@@H](C2)[C@]12C(=O)Nc1ccccc12. The van der Waals surface area contributed by atoms with Crippen LogP contribution in [0.25, 0.3) is 0 Å². The van der Waals surface area contributed by atoms with Gasteiger partial charge in [0.1, 0.15) is 0 Å². The van der Waals surface area contributed by atoms with E-state index in [0.717, 1.165) is 17.7 Å². The molecule has 0 saturated heterocycles. The first-order valence-corrected chi connectivity index (χ1v) is 6.27. The van der Waals surface area contributed by atoms with Gasteiger partial charge in [-0.2, -0.15) is 5.26 Å². The molecule has 1 fully saturated rings. The number of rotatable bonds is 0. The summed E-state index contributed by atoms with van der Waals surface area (Å²) in [4.78, 5) is 12.5. The zero-order chi connectivity index (χ0) is 12.3. The molecule has 0 aromatic heterocycles. The Bertz CT molecular complexity index is 628. The first-order valence-electron chi connectivity index (χ1n) is 6.27. The van der Waals surface area contributed by atoms with E-state index in [4.69, 9.17) is 0 Å². The number of para-hydroxylation sites is 1. The Morgan fingerprint density at radius 2 is 2.17 bits per heavy atom. The summed E-state index contributed by atoms with van der Waals surface area (Å²) < 4.78 is 0. The summed E-state index contributed by atoms with van der Waals surface area (Å²) in [5.74, 6) is 0.191. The van der Waals surface area contributed by atoms with E-state index in [1.165, 1.54) is 0 Å². The van der Waals surface area contributed by atoms with E-state index in [2.05, 4.69) is 23.5 Å². The van der Waals surface area contributed by atoms with E-state index in [9.17, 15) is 10.1 Å². The van der Waals surface area contributed by atoms with Crippen molar-refractivity contribution in [1.82, 2.24) is 0 Å². The lowest BCUT2D eigenvalue weighted by molar-refractivity contribution is -0.122.